The second-order valence-corrected chi connectivity index (χ2v) is 6.55. The van der Waals surface area contributed by atoms with Gasteiger partial charge in [0.1, 0.15) is 0 Å². The molecule has 0 aromatic heterocycles. The first-order valence-corrected chi connectivity index (χ1v) is 8.07. The Balaban J connectivity index is 1.79. The maximum absolute atomic E-state index is 12.7. The summed E-state index contributed by atoms with van der Waals surface area (Å²) in [7, 11) is 0. The number of piperidine rings is 1. The standard InChI is InChI=1S/C19H21F3N2/c1-13-2-4-14(5-3-13)15-10-17(23)12-24(11-15)18-8-6-16(7-9-18)19(20,21)22/h2-9,15,17H,10-12,23H2,1H3. The van der Waals surface area contributed by atoms with E-state index in [4.69, 9.17) is 5.73 Å². The molecular formula is C19H21F3N2. The van der Waals surface area contributed by atoms with Crippen LogP contribution in [0.1, 0.15) is 29.0 Å². The molecule has 2 aromatic carbocycles. The van der Waals surface area contributed by atoms with Gasteiger partial charge in [0.05, 0.1) is 5.56 Å². The van der Waals surface area contributed by atoms with Crippen LogP contribution in [0.3, 0.4) is 0 Å². The van der Waals surface area contributed by atoms with Gasteiger partial charge in [-0.25, -0.2) is 0 Å². The molecule has 1 fully saturated rings. The van der Waals surface area contributed by atoms with E-state index in [1.54, 1.807) is 0 Å². The highest BCUT2D eigenvalue weighted by molar-refractivity contribution is 5.49. The van der Waals surface area contributed by atoms with E-state index in [0.717, 1.165) is 30.8 Å². The van der Waals surface area contributed by atoms with Gasteiger partial charge in [0.2, 0.25) is 0 Å². The van der Waals surface area contributed by atoms with Gasteiger partial charge >= 0.3 is 6.18 Å². The van der Waals surface area contributed by atoms with Gasteiger partial charge in [-0.1, -0.05) is 29.8 Å². The fourth-order valence-corrected chi connectivity index (χ4v) is 3.29. The molecule has 0 aliphatic carbocycles. The van der Waals surface area contributed by atoms with Gasteiger partial charge in [-0.15, -0.1) is 0 Å². The lowest BCUT2D eigenvalue weighted by Gasteiger charge is -2.38. The molecule has 0 spiro atoms. The summed E-state index contributed by atoms with van der Waals surface area (Å²) in [5.74, 6) is 0.289. The summed E-state index contributed by atoms with van der Waals surface area (Å²) in [4.78, 5) is 2.08. The van der Waals surface area contributed by atoms with Crippen molar-refractivity contribution in [3.8, 4) is 0 Å². The van der Waals surface area contributed by atoms with Crippen LogP contribution in [0.4, 0.5) is 18.9 Å². The van der Waals surface area contributed by atoms with Gasteiger partial charge in [-0.3, -0.25) is 0 Å². The van der Waals surface area contributed by atoms with Crippen molar-refractivity contribution in [3.05, 3.63) is 65.2 Å². The average molecular weight is 334 g/mol. The van der Waals surface area contributed by atoms with Gasteiger partial charge < -0.3 is 10.6 Å². The van der Waals surface area contributed by atoms with Crippen LogP contribution in [0.5, 0.6) is 0 Å². The van der Waals surface area contributed by atoms with Crippen LogP contribution in [0, 0.1) is 6.92 Å². The van der Waals surface area contributed by atoms with Crippen LogP contribution in [0.25, 0.3) is 0 Å². The van der Waals surface area contributed by atoms with Crippen molar-refractivity contribution < 1.29 is 13.2 Å². The smallest absolute Gasteiger partial charge is 0.369 e. The first-order valence-electron chi connectivity index (χ1n) is 8.07. The van der Waals surface area contributed by atoms with Crippen molar-refractivity contribution in [1.82, 2.24) is 0 Å². The first-order chi connectivity index (χ1) is 11.3. The molecule has 2 N–H and O–H groups in total. The van der Waals surface area contributed by atoms with Crippen molar-refractivity contribution in [1.29, 1.82) is 0 Å². The van der Waals surface area contributed by atoms with Gasteiger partial charge in [-0.05, 0) is 43.2 Å². The second-order valence-electron chi connectivity index (χ2n) is 6.55. The lowest BCUT2D eigenvalue weighted by Crippen LogP contribution is -2.46. The predicted octanol–water partition coefficient (Wildman–Crippen LogP) is 4.34. The van der Waals surface area contributed by atoms with E-state index in [9.17, 15) is 13.2 Å². The SMILES string of the molecule is Cc1ccc(C2CC(N)CN(c3ccc(C(F)(F)F)cc3)C2)cc1. The van der Waals surface area contributed by atoms with Crippen LogP contribution >= 0.6 is 0 Å². The molecule has 1 saturated heterocycles. The molecular weight excluding hydrogens is 313 g/mol. The maximum atomic E-state index is 12.7. The summed E-state index contributed by atoms with van der Waals surface area (Å²) in [6, 6.07) is 13.7. The number of anilines is 1. The van der Waals surface area contributed by atoms with Crippen molar-refractivity contribution in [2.45, 2.75) is 31.5 Å². The van der Waals surface area contributed by atoms with Gasteiger partial charge in [0.25, 0.3) is 0 Å². The van der Waals surface area contributed by atoms with E-state index < -0.39 is 11.7 Å². The Morgan fingerprint density at radius 1 is 0.958 bits per heavy atom. The molecule has 24 heavy (non-hydrogen) atoms. The molecule has 0 radical (unpaired) electrons. The van der Waals surface area contributed by atoms with E-state index in [-0.39, 0.29) is 12.0 Å². The van der Waals surface area contributed by atoms with Crippen molar-refractivity contribution in [3.63, 3.8) is 0 Å². The molecule has 2 unspecified atom stereocenters. The zero-order valence-electron chi connectivity index (χ0n) is 13.6. The molecule has 0 bridgehead atoms. The third-order valence-electron chi connectivity index (χ3n) is 4.59. The Morgan fingerprint density at radius 2 is 1.58 bits per heavy atom. The number of rotatable bonds is 2. The molecule has 3 rings (SSSR count). The Labute approximate surface area is 140 Å². The molecule has 1 aliphatic heterocycles. The summed E-state index contributed by atoms with van der Waals surface area (Å²) < 4.78 is 38.1. The van der Waals surface area contributed by atoms with E-state index in [2.05, 4.69) is 29.2 Å². The van der Waals surface area contributed by atoms with E-state index in [1.165, 1.54) is 23.3 Å². The van der Waals surface area contributed by atoms with Gasteiger partial charge in [-0.2, -0.15) is 13.2 Å². The number of nitrogens with zero attached hydrogens (tertiary/aromatic N) is 1. The number of aryl methyl sites for hydroxylation is 1. The predicted molar refractivity (Wildman–Crippen MR) is 90.2 cm³/mol. The zero-order valence-corrected chi connectivity index (χ0v) is 13.6. The highest BCUT2D eigenvalue weighted by atomic mass is 19.4. The fourth-order valence-electron chi connectivity index (χ4n) is 3.29. The number of hydrogen-bond donors (Lipinski definition) is 1. The highest BCUT2D eigenvalue weighted by Gasteiger charge is 2.31. The average Bonchev–Trinajstić information content (AvgIpc) is 2.54. The highest BCUT2D eigenvalue weighted by Crippen LogP contribution is 2.33. The third-order valence-corrected chi connectivity index (χ3v) is 4.59. The quantitative estimate of drug-likeness (QED) is 0.885. The normalized spacial score (nSPS) is 21.8. The molecule has 128 valence electrons. The van der Waals surface area contributed by atoms with E-state index in [0.29, 0.717) is 6.54 Å². The van der Waals surface area contributed by atoms with Crippen LogP contribution in [-0.2, 0) is 6.18 Å². The lowest BCUT2D eigenvalue weighted by molar-refractivity contribution is -0.137. The molecule has 1 heterocycles. The van der Waals surface area contributed by atoms with Crippen LogP contribution < -0.4 is 10.6 Å². The van der Waals surface area contributed by atoms with Crippen molar-refractivity contribution >= 4 is 5.69 Å². The zero-order chi connectivity index (χ0) is 17.3. The topological polar surface area (TPSA) is 29.3 Å². The fraction of sp³-hybridized carbons (Fsp3) is 0.368. The minimum absolute atomic E-state index is 0.00680. The molecule has 0 amide bonds. The lowest BCUT2D eigenvalue weighted by atomic mass is 9.87. The summed E-state index contributed by atoms with van der Waals surface area (Å²) in [5.41, 5.74) is 8.80. The van der Waals surface area contributed by atoms with Crippen LogP contribution in [0.2, 0.25) is 0 Å². The maximum Gasteiger partial charge on any atom is 0.416 e. The molecule has 0 saturated carbocycles. The van der Waals surface area contributed by atoms with Gasteiger partial charge in [0, 0.05) is 30.7 Å². The second kappa shape index (κ2) is 6.48. The van der Waals surface area contributed by atoms with E-state index >= 15 is 0 Å². The molecule has 2 aromatic rings. The summed E-state index contributed by atoms with van der Waals surface area (Å²) >= 11 is 0. The van der Waals surface area contributed by atoms with Crippen molar-refractivity contribution in [2.24, 2.45) is 5.73 Å². The largest absolute Gasteiger partial charge is 0.416 e. The first kappa shape index (κ1) is 16.8. The monoisotopic (exact) mass is 334 g/mol. The number of nitrogens with two attached hydrogens (primary N) is 1. The molecule has 1 aliphatic rings. The van der Waals surface area contributed by atoms with Crippen LogP contribution in [-0.4, -0.2) is 19.1 Å². The summed E-state index contributed by atoms with van der Waals surface area (Å²) in [6.07, 6.45) is -3.42. The summed E-state index contributed by atoms with van der Waals surface area (Å²) in [6.45, 7) is 3.47. The minimum atomic E-state index is -4.30. The Bertz CT molecular complexity index is 677. The Hall–Kier alpha value is -2.01. The van der Waals surface area contributed by atoms with Gasteiger partial charge in [0.15, 0.2) is 0 Å². The Kier molecular flexibility index (Phi) is 4.54. The number of alkyl halides is 3. The Morgan fingerprint density at radius 3 is 2.17 bits per heavy atom. The number of hydrogen-bond acceptors (Lipinski definition) is 2. The van der Waals surface area contributed by atoms with Crippen molar-refractivity contribution in [2.75, 3.05) is 18.0 Å². The van der Waals surface area contributed by atoms with Crippen LogP contribution in [0.15, 0.2) is 48.5 Å². The molecule has 2 nitrogen and oxygen atoms in total. The molecule has 5 heteroatoms. The summed E-state index contributed by atoms with van der Waals surface area (Å²) in [5, 5.41) is 0. The number of halogens is 3. The third kappa shape index (κ3) is 3.73. The number of benzene rings is 2. The van der Waals surface area contributed by atoms with E-state index in [1.807, 2.05) is 6.92 Å². The minimum Gasteiger partial charge on any atom is -0.369 e. The molecule has 2 atom stereocenters.